The molecule has 0 amide bonds. The topological polar surface area (TPSA) is 43.4 Å². The predicted molar refractivity (Wildman–Crippen MR) is 76.9 cm³/mol. The van der Waals surface area contributed by atoms with Crippen molar-refractivity contribution < 1.29 is 9.47 Å². The summed E-state index contributed by atoms with van der Waals surface area (Å²) < 4.78 is 10.6. The Bertz CT molecular complexity index is 514. The van der Waals surface area contributed by atoms with Gasteiger partial charge in [0.05, 0.1) is 20.3 Å². The van der Waals surface area contributed by atoms with E-state index in [1.165, 1.54) is 0 Å². The normalized spacial score (nSPS) is 12.2. The molecule has 1 atom stereocenters. The van der Waals surface area contributed by atoms with Crippen LogP contribution in [0.2, 0.25) is 0 Å². The smallest absolute Gasteiger partial charge is 0.123 e. The molecule has 0 aliphatic heterocycles. The molecule has 0 bridgehead atoms. The van der Waals surface area contributed by atoms with Crippen molar-refractivity contribution in [1.29, 1.82) is 0 Å². The van der Waals surface area contributed by atoms with E-state index >= 15 is 0 Å². The molecule has 0 saturated carbocycles. The average Bonchev–Trinajstić information content (AvgIpc) is 2.98. The molecule has 0 radical (unpaired) electrons. The molecule has 5 heteroatoms. The van der Waals surface area contributed by atoms with Crippen LogP contribution in [-0.2, 0) is 6.54 Å². The lowest BCUT2D eigenvalue weighted by Crippen LogP contribution is -2.18. The number of hydrogen-bond acceptors (Lipinski definition) is 5. The van der Waals surface area contributed by atoms with Crippen molar-refractivity contribution in [1.82, 2.24) is 10.3 Å². The maximum absolute atomic E-state index is 5.36. The zero-order chi connectivity index (χ0) is 13.7. The van der Waals surface area contributed by atoms with Crippen molar-refractivity contribution in [3.8, 4) is 11.5 Å². The fourth-order valence-electron chi connectivity index (χ4n) is 1.82. The van der Waals surface area contributed by atoms with E-state index < -0.39 is 0 Å². The van der Waals surface area contributed by atoms with E-state index in [2.05, 4.69) is 17.2 Å². The maximum atomic E-state index is 5.36. The highest BCUT2D eigenvalue weighted by Crippen LogP contribution is 2.24. The molecular weight excluding hydrogens is 260 g/mol. The first-order chi connectivity index (χ1) is 9.24. The molecule has 1 unspecified atom stereocenters. The Kier molecular flexibility index (Phi) is 4.76. The summed E-state index contributed by atoms with van der Waals surface area (Å²) in [5, 5.41) is 6.51. The van der Waals surface area contributed by atoms with Crippen molar-refractivity contribution in [3.63, 3.8) is 0 Å². The Labute approximate surface area is 117 Å². The molecule has 4 nitrogen and oxygen atoms in total. The van der Waals surface area contributed by atoms with Crippen molar-refractivity contribution in [2.24, 2.45) is 0 Å². The largest absolute Gasteiger partial charge is 0.497 e. The van der Waals surface area contributed by atoms with Crippen LogP contribution >= 0.6 is 11.3 Å². The summed E-state index contributed by atoms with van der Waals surface area (Å²) in [5.41, 5.74) is 1.07. The second-order valence-corrected chi connectivity index (χ2v) is 5.08. The lowest BCUT2D eigenvalue weighted by Gasteiger charge is -2.14. The van der Waals surface area contributed by atoms with Crippen LogP contribution in [0, 0.1) is 0 Å². The molecule has 2 aromatic rings. The first-order valence-corrected chi connectivity index (χ1v) is 6.96. The Balaban J connectivity index is 2.05. The molecule has 0 saturated heterocycles. The number of rotatable bonds is 6. The van der Waals surface area contributed by atoms with Gasteiger partial charge in [-0.05, 0) is 25.1 Å². The van der Waals surface area contributed by atoms with Crippen molar-refractivity contribution in [2.45, 2.75) is 19.5 Å². The first-order valence-electron chi connectivity index (χ1n) is 6.08. The summed E-state index contributed by atoms with van der Waals surface area (Å²) in [4.78, 5) is 4.30. The van der Waals surface area contributed by atoms with Gasteiger partial charge in [-0.25, -0.2) is 4.98 Å². The third-order valence-corrected chi connectivity index (χ3v) is 3.87. The van der Waals surface area contributed by atoms with Crippen LogP contribution in [0.3, 0.4) is 0 Å². The van der Waals surface area contributed by atoms with E-state index in [9.17, 15) is 0 Å². The number of methoxy groups -OCH3 is 2. The Morgan fingerprint density at radius 1 is 1.32 bits per heavy atom. The third kappa shape index (κ3) is 3.45. The second-order valence-electron chi connectivity index (χ2n) is 4.15. The number of nitrogens with zero attached hydrogens (tertiary/aromatic N) is 1. The Morgan fingerprint density at radius 2 is 2.16 bits per heavy atom. The number of aromatic nitrogens is 1. The van der Waals surface area contributed by atoms with Crippen molar-refractivity contribution in [3.05, 3.63) is 40.3 Å². The Morgan fingerprint density at radius 3 is 2.79 bits per heavy atom. The third-order valence-electron chi connectivity index (χ3n) is 2.91. The van der Waals surface area contributed by atoms with Crippen LogP contribution in [0.15, 0.2) is 29.8 Å². The van der Waals surface area contributed by atoms with Crippen molar-refractivity contribution >= 4 is 11.3 Å². The summed E-state index contributed by atoms with van der Waals surface area (Å²) in [6, 6.07) is 6.02. The molecule has 1 heterocycles. The van der Waals surface area contributed by atoms with Gasteiger partial charge in [-0.3, -0.25) is 0 Å². The summed E-state index contributed by atoms with van der Waals surface area (Å²) in [7, 11) is 3.34. The highest BCUT2D eigenvalue weighted by atomic mass is 32.1. The van der Waals surface area contributed by atoms with Gasteiger partial charge in [-0.15, -0.1) is 11.3 Å². The van der Waals surface area contributed by atoms with Gasteiger partial charge in [-0.1, -0.05) is 0 Å². The molecule has 1 N–H and O–H groups in total. The minimum absolute atomic E-state index is 0.218. The molecule has 102 valence electrons. The van der Waals surface area contributed by atoms with E-state index in [1.54, 1.807) is 25.6 Å². The lowest BCUT2D eigenvalue weighted by atomic mass is 10.1. The van der Waals surface area contributed by atoms with E-state index in [0.29, 0.717) is 6.54 Å². The van der Waals surface area contributed by atoms with Gasteiger partial charge < -0.3 is 14.8 Å². The van der Waals surface area contributed by atoms with E-state index in [-0.39, 0.29) is 6.04 Å². The lowest BCUT2D eigenvalue weighted by molar-refractivity contribution is 0.395. The molecule has 19 heavy (non-hydrogen) atoms. The molecular formula is C14H18N2O2S. The number of ether oxygens (including phenoxy) is 2. The van der Waals surface area contributed by atoms with Gasteiger partial charge >= 0.3 is 0 Å². The summed E-state index contributed by atoms with van der Waals surface area (Å²) in [6.07, 6.45) is 1.82. The fraction of sp³-hybridized carbons (Fsp3) is 0.357. The summed E-state index contributed by atoms with van der Waals surface area (Å²) >= 11 is 1.65. The van der Waals surface area contributed by atoms with Gasteiger partial charge in [0.2, 0.25) is 0 Å². The molecule has 2 rings (SSSR count). The number of benzene rings is 1. The molecule has 0 aliphatic carbocycles. The highest BCUT2D eigenvalue weighted by molar-refractivity contribution is 7.09. The Hall–Kier alpha value is -1.59. The number of hydrogen-bond donors (Lipinski definition) is 1. The highest BCUT2D eigenvalue weighted by Gasteiger charge is 2.10. The van der Waals surface area contributed by atoms with E-state index in [1.807, 2.05) is 29.8 Å². The van der Waals surface area contributed by atoms with Crippen LogP contribution < -0.4 is 14.8 Å². The first kappa shape index (κ1) is 13.8. The van der Waals surface area contributed by atoms with Crippen molar-refractivity contribution in [2.75, 3.05) is 14.2 Å². The number of nitrogens with one attached hydrogen (secondary N) is 1. The van der Waals surface area contributed by atoms with Gasteiger partial charge in [0.1, 0.15) is 16.5 Å². The van der Waals surface area contributed by atoms with Crippen LogP contribution in [-0.4, -0.2) is 19.2 Å². The standard InChI is InChI=1S/C14H18N2O2S/c1-10(14-15-6-7-19-14)16-9-11-8-12(17-2)4-5-13(11)18-3/h4-8,10,16H,9H2,1-3H3. The summed E-state index contributed by atoms with van der Waals surface area (Å²) in [5.74, 6) is 1.69. The molecule has 1 aromatic carbocycles. The van der Waals surface area contributed by atoms with Crippen LogP contribution in [0.4, 0.5) is 0 Å². The molecule has 1 aromatic heterocycles. The predicted octanol–water partition coefficient (Wildman–Crippen LogP) is 3.01. The van der Waals surface area contributed by atoms with Gasteiger partial charge in [0.25, 0.3) is 0 Å². The van der Waals surface area contributed by atoms with E-state index in [0.717, 1.165) is 22.1 Å². The SMILES string of the molecule is COc1ccc(OC)c(CNC(C)c2nccs2)c1. The minimum atomic E-state index is 0.218. The molecule has 0 fully saturated rings. The van der Waals surface area contributed by atoms with Crippen LogP contribution in [0.25, 0.3) is 0 Å². The van der Waals surface area contributed by atoms with Crippen LogP contribution in [0.1, 0.15) is 23.5 Å². The second kappa shape index (κ2) is 6.54. The molecule has 0 aliphatic rings. The van der Waals surface area contributed by atoms with Crippen LogP contribution in [0.5, 0.6) is 11.5 Å². The minimum Gasteiger partial charge on any atom is -0.497 e. The maximum Gasteiger partial charge on any atom is 0.123 e. The quantitative estimate of drug-likeness (QED) is 0.882. The zero-order valence-electron chi connectivity index (χ0n) is 11.3. The van der Waals surface area contributed by atoms with Gasteiger partial charge in [-0.2, -0.15) is 0 Å². The fourth-order valence-corrected chi connectivity index (χ4v) is 2.49. The average molecular weight is 278 g/mol. The molecule has 0 spiro atoms. The van der Waals surface area contributed by atoms with Gasteiger partial charge in [0, 0.05) is 23.7 Å². The van der Waals surface area contributed by atoms with E-state index in [4.69, 9.17) is 9.47 Å². The monoisotopic (exact) mass is 278 g/mol. The zero-order valence-corrected chi connectivity index (χ0v) is 12.2. The number of thiazole rings is 1. The van der Waals surface area contributed by atoms with Gasteiger partial charge in [0.15, 0.2) is 0 Å². The summed E-state index contributed by atoms with van der Waals surface area (Å²) in [6.45, 7) is 2.81.